The minimum absolute atomic E-state index is 0.0902. The minimum atomic E-state index is -3.06. The van der Waals surface area contributed by atoms with Crippen molar-refractivity contribution in [1.82, 2.24) is 0 Å². The third-order valence-corrected chi connectivity index (χ3v) is 5.06. The number of anilines is 1. The lowest BCUT2D eigenvalue weighted by Crippen LogP contribution is -2.15. The van der Waals surface area contributed by atoms with Gasteiger partial charge in [0.1, 0.15) is 5.76 Å². The maximum Gasteiger partial charge on any atom is 0.387 e. The summed E-state index contributed by atoms with van der Waals surface area (Å²) in [6, 6.07) is 17.9. The van der Waals surface area contributed by atoms with Crippen LogP contribution in [0.2, 0.25) is 0 Å². The molecule has 1 N–H and O–H groups in total. The molecule has 0 aliphatic carbocycles. The molecule has 1 amide bonds. The Balaban J connectivity index is 1.76. The summed E-state index contributed by atoms with van der Waals surface area (Å²) in [5, 5.41) is 2.89. The van der Waals surface area contributed by atoms with Crippen LogP contribution in [-0.4, -0.2) is 19.6 Å². The van der Waals surface area contributed by atoms with Gasteiger partial charge in [0.2, 0.25) is 0 Å². The first-order chi connectivity index (χ1) is 15.9. The summed E-state index contributed by atoms with van der Waals surface area (Å²) in [6.07, 6.45) is 0. The number of amides is 1. The Labute approximate surface area is 187 Å². The average molecular weight is 451 g/mol. The van der Waals surface area contributed by atoms with Gasteiger partial charge in [-0.05, 0) is 31.2 Å². The van der Waals surface area contributed by atoms with Crippen LogP contribution < -0.4 is 20.2 Å². The lowest BCUT2D eigenvalue weighted by Gasteiger charge is -2.13. The number of alkyl halides is 2. The second kappa shape index (κ2) is 9.12. The molecule has 0 saturated carbocycles. The number of nitrogens with one attached hydrogen (secondary N) is 1. The maximum atomic E-state index is 13.1. The summed E-state index contributed by atoms with van der Waals surface area (Å²) < 4.78 is 40.9. The molecule has 4 aromatic rings. The fraction of sp³-hybridized carbons (Fsp3) is 0.120. The van der Waals surface area contributed by atoms with Gasteiger partial charge in [0, 0.05) is 22.9 Å². The number of hydrogen-bond donors (Lipinski definition) is 1. The number of rotatable bonds is 6. The van der Waals surface area contributed by atoms with E-state index in [4.69, 9.17) is 9.15 Å². The van der Waals surface area contributed by atoms with E-state index in [-0.39, 0.29) is 39.1 Å². The maximum absolute atomic E-state index is 13.1. The number of carbonyl (C=O) groups excluding carboxylic acids is 1. The van der Waals surface area contributed by atoms with Gasteiger partial charge in [-0.15, -0.1) is 0 Å². The van der Waals surface area contributed by atoms with Gasteiger partial charge in [-0.25, -0.2) is 0 Å². The van der Waals surface area contributed by atoms with Crippen molar-refractivity contribution in [3.05, 3.63) is 88.1 Å². The van der Waals surface area contributed by atoms with E-state index >= 15 is 0 Å². The van der Waals surface area contributed by atoms with Crippen LogP contribution in [0.3, 0.4) is 0 Å². The molecule has 8 heteroatoms. The van der Waals surface area contributed by atoms with Crippen LogP contribution in [0.25, 0.3) is 22.3 Å². The highest BCUT2D eigenvalue weighted by molar-refractivity contribution is 6.11. The van der Waals surface area contributed by atoms with Crippen molar-refractivity contribution < 1.29 is 27.5 Å². The summed E-state index contributed by atoms with van der Waals surface area (Å²) in [4.78, 5) is 26.0. The molecule has 0 saturated heterocycles. The van der Waals surface area contributed by atoms with Crippen LogP contribution in [0, 0.1) is 6.92 Å². The van der Waals surface area contributed by atoms with E-state index in [1.807, 2.05) is 30.3 Å². The van der Waals surface area contributed by atoms with Crippen molar-refractivity contribution in [2.24, 2.45) is 0 Å². The number of benzene rings is 3. The van der Waals surface area contributed by atoms with Crippen LogP contribution in [0.15, 0.2) is 75.9 Å². The summed E-state index contributed by atoms with van der Waals surface area (Å²) in [6.45, 7) is -1.39. The zero-order chi connectivity index (χ0) is 23.5. The van der Waals surface area contributed by atoms with Gasteiger partial charge in [-0.3, -0.25) is 9.59 Å². The quantitative estimate of drug-likeness (QED) is 0.411. The molecular formula is C25H19F2NO5. The Morgan fingerprint density at radius 3 is 2.45 bits per heavy atom. The van der Waals surface area contributed by atoms with Crippen LogP contribution in [0.1, 0.15) is 15.9 Å². The predicted octanol–water partition coefficient (Wildman–Crippen LogP) is 5.63. The van der Waals surface area contributed by atoms with Gasteiger partial charge < -0.3 is 19.2 Å². The van der Waals surface area contributed by atoms with Crippen LogP contribution in [0.4, 0.5) is 14.5 Å². The predicted molar refractivity (Wildman–Crippen MR) is 120 cm³/mol. The van der Waals surface area contributed by atoms with Crippen molar-refractivity contribution in [3.8, 4) is 22.8 Å². The topological polar surface area (TPSA) is 77.8 Å². The fourth-order valence-electron chi connectivity index (χ4n) is 3.49. The highest BCUT2D eigenvalue weighted by Gasteiger charge is 2.19. The van der Waals surface area contributed by atoms with E-state index in [1.165, 1.54) is 31.4 Å². The fourth-order valence-corrected chi connectivity index (χ4v) is 3.49. The third-order valence-electron chi connectivity index (χ3n) is 5.06. The number of halogens is 2. The number of ether oxygens (including phenoxy) is 2. The van der Waals surface area contributed by atoms with E-state index < -0.39 is 12.5 Å². The van der Waals surface area contributed by atoms with Gasteiger partial charge in [-0.2, -0.15) is 8.78 Å². The monoisotopic (exact) mass is 451 g/mol. The SMILES string of the molecule is COc1ccc(NC(=O)c2cccc3c(=O)c(C)c(-c4ccccc4)oc23)cc1OC(F)F. The molecule has 0 radical (unpaired) electrons. The summed E-state index contributed by atoms with van der Waals surface area (Å²) in [5.74, 6) is -0.352. The molecule has 168 valence electrons. The van der Waals surface area contributed by atoms with E-state index in [9.17, 15) is 18.4 Å². The smallest absolute Gasteiger partial charge is 0.387 e. The summed E-state index contributed by atoms with van der Waals surface area (Å²) in [7, 11) is 1.32. The molecule has 1 heterocycles. The van der Waals surface area contributed by atoms with Gasteiger partial charge in [0.15, 0.2) is 22.5 Å². The van der Waals surface area contributed by atoms with E-state index in [0.29, 0.717) is 16.9 Å². The van der Waals surface area contributed by atoms with E-state index in [1.54, 1.807) is 19.1 Å². The molecule has 0 bridgehead atoms. The second-order valence-electron chi connectivity index (χ2n) is 7.13. The number of carbonyl (C=O) groups is 1. The minimum Gasteiger partial charge on any atom is -0.493 e. The highest BCUT2D eigenvalue weighted by atomic mass is 19.3. The third kappa shape index (κ3) is 4.41. The number of methoxy groups -OCH3 is 1. The van der Waals surface area contributed by atoms with Gasteiger partial charge in [0.05, 0.1) is 18.1 Å². The normalized spacial score (nSPS) is 10.9. The molecule has 3 aromatic carbocycles. The molecular weight excluding hydrogens is 432 g/mol. The lowest BCUT2D eigenvalue weighted by atomic mass is 10.0. The van der Waals surface area contributed by atoms with Crippen molar-refractivity contribution in [1.29, 1.82) is 0 Å². The molecule has 0 atom stereocenters. The summed E-state index contributed by atoms with van der Waals surface area (Å²) in [5.41, 5.74) is 1.33. The van der Waals surface area contributed by atoms with Crippen LogP contribution in [-0.2, 0) is 0 Å². The number of fused-ring (bicyclic) bond motifs is 1. The first-order valence-electron chi connectivity index (χ1n) is 9.95. The Bertz CT molecular complexity index is 1380. The standard InChI is InChI=1S/C25H19F2NO5/c1-14-21(29)17-9-6-10-18(23(17)33-22(14)15-7-4-3-5-8-15)24(30)28-16-11-12-19(31-2)20(13-16)32-25(26)27/h3-13,25H,1-2H3,(H,28,30). The molecule has 4 rings (SSSR count). The first kappa shape index (κ1) is 22.0. The van der Waals surface area contributed by atoms with Crippen LogP contribution in [0.5, 0.6) is 11.5 Å². The average Bonchev–Trinajstić information content (AvgIpc) is 2.81. The highest BCUT2D eigenvalue weighted by Crippen LogP contribution is 2.32. The zero-order valence-corrected chi connectivity index (χ0v) is 17.7. The first-order valence-corrected chi connectivity index (χ1v) is 9.95. The molecule has 0 aliphatic rings. The molecule has 0 fully saturated rings. The lowest BCUT2D eigenvalue weighted by molar-refractivity contribution is -0.0511. The van der Waals surface area contributed by atoms with Crippen molar-refractivity contribution in [3.63, 3.8) is 0 Å². The molecule has 0 spiro atoms. The number of hydrogen-bond acceptors (Lipinski definition) is 5. The van der Waals surface area contributed by atoms with E-state index in [0.717, 1.165) is 0 Å². The number of para-hydroxylation sites is 1. The molecule has 0 unspecified atom stereocenters. The zero-order valence-electron chi connectivity index (χ0n) is 17.7. The molecule has 1 aromatic heterocycles. The summed E-state index contributed by atoms with van der Waals surface area (Å²) >= 11 is 0. The Morgan fingerprint density at radius 2 is 1.76 bits per heavy atom. The van der Waals surface area contributed by atoms with Crippen molar-refractivity contribution >= 4 is 22.6 Å². The van der Waals surface area contributed by atoms with Crippen molar-refractivity contribution in [2.45, 2.75) is 13.5 Å². The van der Waals surface area contributed by atoms with Gasteiger partial charge in [0.25, 0.3) is 5.91 Å². The Morgan fingerprint density at radius 1 is 1.00 bits per heavy atom. The Kier molecular flexibility index (Phi) is 6.08. The van der Waals surface area contributed by atoms with Crippen molar-refractivity contribution in [2.75, 3.05) is 12.4 Å². The van der Waals surface area contributed by atoms with Gasteiger partial charge in [-0.1, -0.05) is 36.4 Å². The Hall–Kier alpha value is -4.20. The molecule has 0 aliphatic heterocycles. The van der Waals surface area contributed by atoms with E-state index in [2.05, 4.69) is 10.1 Å². The second-order valence-corrected chi connectivity index (χ2v) is 7.13. The molecule has 6 nitrogen and oxygen atoms in total. The van der Waals surface area contributed by atoms with Gasteiger partial charge >= 0.3 is 6.61 Å². The largest absolute Gasteiger partial charge is 0.493 e. The molecule has 33 heavy (non-hydrogen) atoms. The van der Waals surface area contributed by atoms with Crippen LogP contribution >= 0.6 is 0 Å².